The molecule has 2 aromatic carbocycles. The minimum Gasteiger partial charge on any atom is -0.352 e. The van der Waals surface area contributed by atoms with Gasteiger partial charge < -0.3 is 5.32 Å². The lowest BCUT2D eigenvalue weighted by Gasteiger charge is -2.22. The van der Waals surface area contributed by atoms with Crippen molar-refractivity contribution in [3.05, 3.63) is 80.7 Å². The molecule has 0 radical (unpaired) electrons. The number of hydrogen-bond acceptors (Lipinski definition) is 4. The van der Waals surface area contributed by atoms with Crippen molar-refractivity contribution in [1.29, 1.82) is 0 Å². The molecule has 1 aliphatic carbocycles. The van der Waals surface area contributed by atoms with Crippen LogP contribution in [0, 0.1) is 5.82 Å². The molecule has 0 atom stereocenters. The predicted octanol–water partition coefficient (Wildman–Crippen LogP) is 2.45. The SMILES string of the molecule is O=C(Cn1nc2n(Cc3ccc(F)cc3)c(=O)c3ccccc3n2c1=O)NC1CCCCC1. The molecule has 1 fully saturated rings. The smallest absolute Gasteiger partial charge is 0.352 e. The third-order valence-electron chi connectivity index (χ3n) is 6.20. The van der Waals surface area contributed by atoms with Crippen LogP contribution >= 0.6 is 0 Å². The molecule has 0 saturated heterocycles. The van der Waals surface area contributed by atoms with E-state index < -0.39 is 5.69 Å². The Morgan fingerprint density at radius 1 is 1.03 bits per heavy atom. The minimum absolute atomic E-state index is 0.109. The number of benzene rings is 2. The molecule has 5 rings (SSSR count). The summed E-state index contributed by atoms with van der Waals surface area (Å²) in [5.74, 6) is -0.512. The Bertz CT molecular complexity index is 1450. The second-order valence-electron chi connectivity index (χ2n) is 8.51. The summed E-state index contributed by atoms with van der Waals surface area (Å²) in [6, 6.07) is 12.7. The Hall–Kier alpha value is -3.75. The number of nitrogens with one attached hydrogen (secondary N) is 1. The Morgan fingerprint density at radius 2 is 1.76 bits per heavy atom. The maximum absolute atomic E-state index is 13.3. The molecule has 4 aromatic rings. The van der Waals surface area contributed by atoms with Gasteiger partial charge in [0.15, 0.2) is 0 Å². The number of nitrogens with zero attached hydrogens (tertiary/aromatic N) is 4. The van der Waals surface area contributed by atoms with E-state index in [2.05, 4.69) is 10.4 Å². The number of aromatic nitrogens is 4. The average Bonchev–Trinajstić information content (AvgIpc) is 3.14. The molecule has 1 saturated carbocycles. The summed E-state index contributed by atoms with van der Waals surface area (Å²) in [5.41, 5.74) is 0.309. The summed E-state index contributed by atoms with van der Waals surface area (Å²) in [4.78, 5) is 39.1. The van der Waals surface area contributed by atoms with E-state index >= 15 is 0 Å². The highest BCUT2D eigenvalue weighted by molar-refractivity contribution is 5.80. The number of rotatable bonds is 5. The van der Waals surface area contributed by atoms with Crippen molar-refractivity contribution in [3.63, 3.8) is 0 Å². The number of fused-ring (bicyclic) bond motifs is 3. The molecule has 0 spiro atoms. The van der Waals surface area contributed by atoms with Crippen molar-refractivity contribution in [2.75, 3.05) is 0 Å². The number of amides is 1. The maximum Gasteiger partial charge on any atom is 0.352 e. The van der Waals surface area contributed by atoms with E-state index in [9.17, 15) is 18.8 Å². The molecule has 8 nitrogen and oxygen atoms in total. The molecule has 33 heavy (non-hydrogen) atoms. The van der Waals surface area contributed by atoms with Crippen molar-refractivity contribution in [2.45, 2.75) is 51.2 Å². The molecule has 0 unspecified atom stereocenters. The number of hydrogen-bond donors (Lipinski definition) is 1. The monoisotopic (exact) mass is 449 g/mol. The molecule has 0 aliphatic heterocycles. The Kier molecular flexibility index (Phi) is 5.53. The molecule has 1 amide bonds. The zero-order valence-corrected chi connectivity index (χ0v) is 18.0. The van der Waals surface area contributed by atoms with E-state index in [1.807, 2.05) is 0 Å². The van der Waals surface area contributed by atoms with E-state index in [-0.39, 0.29) is 42.2 Å². The highest BCUT2D eigenvalue weighted by Gasteiger charge is 2.20. The van der Waals surface area contributed by atoms with Gasteiger partial charge in [-0.15, -0.1) is 5.10 Å². The fraction of sp³-hybridized carbons (Fsp3) is 0.333. The second kappa shape index (κ2) is 8.65. The van der Waals surface area contributed by atoms with E-state index in [4.69, 9.17) is 0 Å². The van der Waals surface area contributed by atoms with Crippen LogP contribution < -0.4 is 16.6 Å². The lowest BCUT2D eigenvalue weighted by atomic mass is 9.95. The van der Waals surface area contributed by atoms with Crippen LogP contribution in [0.25, 0.3) is 16.7 Å². The number of para-hydroxylation sites is 1. The standard InChI is InChI=1S/C24H24FN5O3/c25-17-12-10-16(11-13-17)14-28-22(32)19-8-4-5-9-20(19)30-23(28)27-29(24(30)33)15-21(31)26-18-6-2-1-3-7-18/h4-5,8-13,18H,1-3,6-7,14-15H2,(H,26,31). The molecule has 1 aliphatic rings. The van der Waals surface area contributed by atoms with Gasteiger partial charge in [0.25, 0.3) is 5.56 Å². The molecular weight excluding hydrogens is 425 g/mol. The summed E-state index contributed by atoms with van der Waals surface area (Å²) in [6.07, 6.45) is 5.22. The fourth-order valence-corrected chi connectivity index (χ4v) is 4.54. The highest BCUT2D eigenvalue weighted by Crippen LogP contribution is 2.17. The van der Waals surface area contributed by atoms with E-state index in [1.165, 1.54) is 27.5 Å². The topological polar surface area (TPSA) is 90.4 Å². The van der Waals surface area contributed by atoms with Gasteiger partial charge in [0.05, 0.1) is 17.4 Å². The first-order valence-corrected chi connectivity index (χ1v) is 11.2. The summed E-state index contributed by atoms with van der Waals surface area (Å²) in [6.45, 7) is -0.117. The number of carbonyl (C=O) groups is 1. The van der Waals surface area contributed by atoms with Gasteiger partial charge in [-0.2, -0.15) is 0 Å². The van der Waals surface area contributed by atoms with Crippen molar-refractivity contribution in [2.24, 2.45) is 0 Å². The highest BCUT2D eigenvalue weighted by atomic mass is 19.1. The number of halogens is 1. The Morgan fingerprint density at radius 3 is 2.52 bits per heavy atom. The normalized spacial score (nSPS) is 14.7. The summed E-state index contributed by atoms with van der Waals surface area (Å²) >= 11 is 0. The first-order valence-electron chi connectivity index (χ1n) is 11.2. The molecule has 2 heterocycles. The van der Waals surface area contributed by atoms with E-state index in [0.29, 0.717) is 16.5 Å². The van der Waals surface area contributed by atoms with Crippen molar-refractivity contribution < 1.29 is 9.18 Å². The van der Waals surface area contributed by atoms with E-state index in [0.717, 1.165) is 30.4 Å². The Balaban J connectivity index is 1.58. The van der Waals surface area contributed by atoms with Gasteiger partial charge in [-0.25, -0.2) is 18.3 Å². The van der Waals surface area contributed by atoms with Crippen LogP contribution in [-0.2, 0) is 17.9 Å². The fourth-order valence-electron chi connectivity index (χ4n) is 4.54. The van der Waals surface area contributed by atoms with Crippen LogP contribution in [0.2, 0.25) is 0 Å². The third-order valence-corrected chi connectivity index (χ3v) is 6.20. The molecule has 2 aromatic heterocycles. The van der Waals surface area contributed by atoms with Crippen molar-refractivity contribution in [1.82, 2.24) is 24.1 Å². The summed E-state index contributed by atoms with van der Waals surface area (Å²) in [5, 5.41) is 7.72. The summed E-state index contributed by atoms with van der Waals surface area (Å²) in [7, 11) is 0. The van der Waals surface area contributed by atoms with Gasteiger partial charge in [-0.3, -0.25) is 14.2 Å². The third kappa shape index (κ3) is 4.06. The van der Waals surface area contributed by atoms with Crippen LogP contribution in [0.15, 0.2) is 58.1 Å². The van der Waals surface area contributed by atoms with Gasteiger partial charge in [0, 0.05) is 6.04 Å². The van der Waals surface area contributed by atoms with Crippen LogP contribution in [-0.4, -0.2) is 30.7 Å². The van der Waals surface area contributed by atoms with Crippen LogP contribution in [0.4, 0.5) is 4.39 Å². The van der Waals surface area contributed by atoms with Gasteiger partial charge >= 0.3 is 5.69 Å². The minimum atomic E-state index is -0.493. The van der Waals surface area contributed by atoms with Gasteiger partial charge in [-0.1, -0.05) is 43.5 Å². The molecule has 170 valence electrons. The summed E-state index contributed by atoms with van der Waals surface area (Å²) < 4.78 is 17.2. The van der Waals surface area contributed by atoms with Gasteiger partial charge in [0.1, 0.15) is 12.4 Å². The number of carbonyl (C=O) groups excluding carboxylic acids is 1. The second-order valence-corrected chi connectivity index (χ2v) is 8.51. The lowest BCUT2D eigenvalue weighted by Crippen LogP contribution is -2.40. The van der Waals surface area contributed by atoms with Gasteiger partial charge in [0.2, 0.25) is 11.7 Å². The maximum atomic E-state index is 13.3. The van der Waals surface area contributed by atoms with Gasteiger partial charge in [-0.05, 0) is 42.7 Å². The van der Waals surface area contributed by atoms with Crippen molar-refractivity contribution in [3.8, 4) is 0 Å². The lowest BCUT2D eigenvalue weighted by molar-refractivity contribution is -0.122. The predicted molar refractivity (Wildman–Crippen MR) is 122 cm³/mol. The first kappa shape index (κ1) is 21.1. The first-order chi connectivity index (χ1) is 16.0. The zero-order valence-electron chi connectivity index (χ0n) is 18.0. The Labute approximate surface area is 188 Å². The van der Waals surface area contributed by atoms with Crippen LogP contribution in [0.5, 0.6) is 0 Å². The average molecular weight is 449 g/mol. The molecule has 0 bridgehead atoms. The van der Waals surface area contributed by atoms with Crippen LogP contribution in [0.3, 0.4) is 0 Å². The van der Waals surface area contributed by atoms with Crippen LogP contribution in [0.1, 0.15) is 37.7 Å². The largest absolute Gasteiger partial charge is 0.352 e. The zero-order chi connectivity index (χ0) is 22.9. The van der Waals surface area contributed by atoms with Crippen molar-refractivity contribution >= 4 is 22.6 Å². The molecular formula is C24H24FN5O3. The van der Waals surface area contributed by atoms with E-state index in [1.54, 1.807) is 36.4 Å². The quantitative estimate of drug-likeness (QED) is 0.507. The molecule has 9 heteroatoms. The molecule has 1 N–H and O–H groups in total.